The van der Waals surface area contributed by atoms with E-state index in [4.69, 9.17) is 18.9 Å². The van der Waals surface area contributed by atoms with Gasteiger partial charge in [0.05, 0.1) is 6.61 Å². The van der Waals surface area contributed by atoms with Crippen molar-refractivity contribution < 1.29 is 42.0 Å². The van der Waals surface area contributed by atoms with Crippen LogP contribution in [0.3, 0.4) is 0 Å². The van der Waals surface area contributed by atoms with E-state index in [2.05, 4.69) is 0 Å². The Kier molecular flexibility index (Phi) is 6.02. The fourth-order valence-electron chi connectivity index (χ4n) is 3.06. The predicted molar refractivity (Wildman–Crippen MR) is 84.3 cm³/mol. The van der Waals surface area contributed by atoms with Gasteiger partial charge in [0.1, 0.15) is 24.4 Å². The largest absolute Gasteiger partial charge is 0.471 e. The van der Waals surface area contributed by atoms with Crippen LogP contribution in [-0.2, 0) is 23.7 Å². The van der Waals surface area contributed by atoms with Gasteiger partial charge in [0, 0.05) is 12.2 Å². The topological polar surface area (TPSA) is 86.2 Å². The van der Waals surface area contributed by atoms with E-state index in [0.717, 1.165) is 0 Å². The maximum Gasteiger partial charge on any atom is 0.471 e. The summed E-state index contributed by atoms with van der Waals surface area (Å²) in [6, 6.07) is 7.43. The van der Waals surface area contributed by atoms with E-state index in [1.54, 1.807) is 36.5 Å². The van der Waals surface area contributed by atoms with Crippen molar-refractivity contribution in [1.82, 2.24) is 5.32 Å². The van der Waals surface area contributed by atoms with Gasteiger partial charge in [-0.25, -0.2) is 0 Å². The molecule has 3 rings (SSSR count). The van der Waals surface area contributed by atoms with Gasteiger partial charge in [-0.15, -0.1) is 0 Å². The number of rotatable bonds is 4. The fraction of sp³-hybridized carbons (Fsp3) is 0.588. The average molecular weight is 391 g/mol. The van der Waals surface area contributed by atoms with Crippen LogP contribution in [0.1, 0.15) is 18.8 Å². The number of ether oxygens (including phenoxy) is 4. The molecule has 0 spiro atoms. The molecule has 1 aromatic carbocycles. The molecule has 27 heavy (non-hydrogen) atoms. The molecule has 10 heteroatoms. The van der Waals surface area contributed by atoms with E-state index in [1.807, 2.05) is 6.07 Å². The smallest absolute Gasteiger partial charge is 0.388 e. The molecule has 0 saturated carbocycles. The molecule has 0 aliphatic carbocycles. The van der Waals surface area contributed by atoms with Gasteiger partial charge >= 0.3 is 12.1 Å². The Labute approximate surface area is 153 Å². The Balaban J connectivity index is 1.77. The monoisotopic (exact) mass is 391 g/mol. The van der Waals surface area contributed by atoms with Crippen LogP contribution in [0.5, 0.6) is 0 Å². The molecule has 2 heterocycles. The molecule has 0 bridgehead atoms. The lowest BCUT2D eigenvalue weighted by Gasteiger charge is -2.47. The number of benzene rings is 1. The summed E-state index contributed by atoms with van der Waals surface area (Å²) in [5.74, 6) is -2.19. The average Bonchev–Trinajstić information content (AvgIpc) is 2.64. The number of aliphatic hydroxyl groups is 1. The normalized spacial score (nSPS) is 34.0. The van der Waals surface area contributed by atoms with Gasteiger partial charge in [-0.3, -0.25) is 4.79 Å². The highest BCUT2D eigenvalue weighted by Crippen LogP contribution is 2.34. The standard InChI is InChI=1S/C17H20F3NO6/c1-2-24-15-11(21-16(23)17(18,19)20)12(22)13-10(26-15)8-25-14(27-13)9-6-4-3-5-7-9/h3-7,10-15,22H,2,8H2,1H3,(H,21,23)/t10-,11-,12-,13+,14?,15-/m1/s1. The zero-order valence-electron chi connectivity index (χ0n) is 14.4. The van der Waals surface area contributed by atoms with Crippen molar-refractivity contribution in [2.45, 2.75) is 50.0 Å². The number of nitrogens with one attached hydrogen (secondary N) is 1. The third kappa shape index (κ3) is 4.41. The first-order valence-electron chi connectivity index (χ1n) is 8.46. The van der Waals surface area contributed by atoms with Crippen LogP contribution in [0, 0.1) is 0 Å². The highest BCUT2D eigenvalue weighted by Gasteiger charge is 2.52. The van der Waals surface area contributed by atoms with Crippen LogP contribution in [0.2, 0.25) is 0 Å². The second kappa shape index (κ2) is 8.11. The zero-order valence-corrected chi connectivity index (χ0v) is 14.4. The van der Waals surface area contributed by atoms with Crippen molar-refractivity contribution >= 4 is 5.91 Å². The molecule has 2 fully saturated rings. The van der Waals surface area contributed by atoms with Crippen molar-refractivity contribution in [2.24, 2.45) is 0 Å². The quantitative estimate of drug-likeness (QED) is 0.804. The van der Waals surface area contributed by atoms with Crippen LogP contribution < -0.4 is 5.32 Å². The summed E-state index contributed by atoms with van der Waals surface area (Å²) in [7, 11) is 0. The summed E-state index contributed by atoms with van der Waals surface area (Å²) in [6.45, 7) is 1.77. The predicted octanol–water partition coefficient (Wildman–Crippen LogP) is 1.27. The molecular weight excluding hydrogens is 371 g/mol. The summed E-state index contributed by atoms with van der Waals surface area (Å²) in [5, 5.41) is 12.4. The summed E-state index contributed by atoms with van der Waals surface area (Å²) in [5.41, 5.74) is 0.686. The highest BCUT2D eigenvalue weighted by atomic mass is 19.4. The molecule has 2 aliphatic heterocycles. The van der Waals surface area contributed by atoms with Gasteiger partial charge in [0.25, 0.3) is 0 Å². The van der Waals surface area contributed by atoms with Crippen molar-refractivity contribution in [3.05, 3.63) is 35.9 Å². The number of fused-ring (bicyclic) bond motifs is 1. The minimum Gasteiger partial charge on any atom is -0.388 e. The van der Waals surface area contributed by atoms with Crippen molar-refractivity contribution in [1.29, 1.82) is 0 Å². The number of aliphatic hydroxyl groups excluding tert-OH is 1. The minimum absolute atomic E-state index is 0.0464. The maximum absolute atomic E-state index is 12.6. The van der Waals surface area contributed by atoms with Crippen LogP contribution in [-0.4, -0.2) is 61.0 Å². The van der Waals surface area contributed by atoms with Gasteiger partial charge in [-0.1, -0.05) is 30.3 Å². The van der Waals surface area contributed by atoms with Crippen molar-refractivity contribution in [3.63, 3.8) is 0 Å². The van der Waals surface area contributed by atoms with Crippen LogP contribution in [0.4, 0.5) is 13.2 Å². The zero-order chi connectivity index (χ0) is 19.6. The number of hydrogen-bond acceptors (Lipinski definition) is 6. The molecule has 7 nitrogen and oxygen atoms in total. The Morgan fingerprint density at radius 2 is 2.00 bits per heavy atom. The maximum atomic E-state index is 12.6. The number of carbonyl (C=O) groups is 1. The Morgan fingerprint density at radius 3 is 2.63 bits per heavy atom. The molecule has 1 amide bonds. The first-order valence-corrected chi connectivity index (χ1v) is 8.46. The molecule has 0 aromatic heterocycles. The molecule has 1 unspecified atom stereocenters. The summed E-state index contributed by atoms with van der Waals surface area (Å²) in [6.07, 6.45) is -10.4. The Morgan fingerprint density at radius 1 is 1.30 bits per heavy atom. The number of alkyl halides is 3. The SMILES string of the molecule is CCO[C@@H]1O[C@@H]2COC(c3ccccc3)O[C@@H]2[C@H](O)[C@H]1NC(=O)C(F)(F)F. The lowest BCUT2D eigenvalue weighted by atomic mass is 9.95. The number of carbonyl (C=O) groups excluding carboxylic acids is 1. The van der Waals surface area contributed by atoms with E-state index in [0.29, 0.717) is 5.56 Å². The van der Waals surface area contributed by atoms with E-state index in [9.17, 15) is 23.1 Å². The van der Waals surface area contributed by atoms with Crippen LogP contribution >= 0.6 is 0 Å². The first kappa shape index (κ1) is 20.0. The number of hydrogen-bond donors (Lipinski definition) is 2. The molecule has 0 radical (unpaired) electrons. The molecule has 1 aromatic rings. The third-order valence-electron chi connectivity index (χ3n) is 4.32. The molecular formula is C17H20F3NO6. The van der Waals surface area contributed by atoms with Crippen molar-refractivity contribution in [3.8, 4) is 0 Å². The molecule has 6 atom stereocenters. The highest BCUT2D eigenvalue weighted by molar-refractivity contribution is 5.82. The van der Waals surface area contributed by atoms with Gasteiger partial charge < -0.3 is 29.4 Å². The van der Waals surface area contributed by atoms with E-state index < -0.39 is 49.0 Å². The summed E-state index contributed by atoms with van der Waals surface area (Å²) < 4.78 is 60.1. The lowest BCUT2D eigenvalue weighted by molar-refractivity contribution is -0.344. The van der Waals surface area contributed by atoms with Gasteiger partial charge in [-0.2, -0.15) is 13.2 Å². The third-order valence-corrected chi connectivity index (χ3v) is 4.32. The molecule has 2 aliphatic rings. The minimum atomic E-state index is -5.10. The lowest BCUT2D eigenvalue weighted by Crippen LogP contribution is -2.67. The van der Waals surface area contributed by atoms with Crippen molar-refractivity contribution in [2.75, 3.05) is 13.2 Å². The fourth-order valence-corrected chi connectivity index (χ4v) is 3.06. The van der Waals surface area contributed by atoms with Crippen LogP contribution in [0.25, 0.3) is 0 Å². The second-order valence-corrected chi connectivity index (χ2v) is 6.16. The first-order chi connectivity index (χ1) is 12.8. The van der Waals surface area contributed by atoms with Gasteiger partial charge in [0.2, 0.25) is 0 Å². The van der Waals surface area contributed by atoms with E-state index in [1.165, 1.54) is 0 Å². The second-order valence-electron chi connectivity index (χ2n) is 6.16. The van der Waals surface area contributed by atoms with Gasteiger partial charge in [0.15, 0.2) is 12.6 Å². The van der Waals surface area contributed by atoms with Gasteiger partial charge in [-0.05, 0) is 6.92 Å². The summed E-state index contributed by atoms with van der Waals surface area (Å²) in [4.78, 5) is 11.4. The number of amides is 1. The Hall–Kier alpha value is -1.72. The van der Waals surface area contributed by atoms with E-state index in [-0.39, 0.29) is 13.2 Å². The molecule has 2 saturated heterocycles. The van der Waals surface area contributed by atoms with Crippen LogP contribution in [0.15, 0.2) is 30.3 Å². The summed E-state index contributed by atoms with van der Waals surface area (Å²) >= 11 is 0. The van der Waals surface area contributed by atoms with E-state index >= 15 is 0 Å². The Bertz CT molecular complexity index is 643. The molecule has 2 N–H and O–H groups in total. The molecule has 150 valence electrons. The number of halogens is 3.